The van der Waals surface area contributed by atoms with Gasteiger partial charge in [-0.1, -0.05) is 11.6 Å². The van der Waals surface area contributed by atoms with Crippen molar-refractivity contribution in [3.63, 3.8) is 0 Å². The van der Waals surface area contributed by atoms with Gasteiger partial charge in [0, 0.05) is 11.5 Å². The van der Waals surface area contributed by atoms with Crippen LogP contribution in [0.15, 0.2) is 34.8 Å². The number of carbonyl (C=O) groups is 1. The van der Waals surface area contributed by atoms with Crippen LogP contribution in [0.3, 0.4) is 0 Å². The fourth-order valence-electron chi connectivity index (χ4n) is 1.42. The summed E-state index contributed by atoms with van der Waals surface area (Å²) in [6.07, 6.45) is 2.50. The van der Waals surface area contributed by atoms with Crippen LogP contribution in [0.1, 0.15) is 11.3 Å². The average Bonchev–Trinajstić information content (AvgIpc) is 2.56. The topological polar surface area (TPSA) is 50.4 Å². The van der Waals surface area contributed by atoms with Crippen LogP contribution in [0.5, 0.6) is 0 Å². The van der Waals surface area contributed by atoms with E-state index in [1.807, 2.05) is 31.2 Å². The van der Waals surface area contributed by atoms with E-state index in [9.17, 15) is 4.79 Å². The summed E-state index contributed by atoms with van der Waals surface area (Å²) in [5.74, 6) is -0.426. The fourth-order valence-corrected chi connectivity index (χ4v) is 1.42. The van der Waals surface area contributed by atoms with Gasteiger partial charge in [0.15, 0.2) is 0 Å². The van der Waals surface area contributed by atoms with Crippen molar-refractivity contribution in [2.24, 2.45) is 0 Å². The van der Waals surface area contributed by atoms with E-state index in [2.05, 4.69) is 0 Å². The quantitative estimate of drug-likeness (QED) is 0.762. The molecule has 0 amide bonds. The van der Waals surface area contributed by atoms with Crippen molar-refractivity contribution in [1.82, 2.24) is 0 Å². The molecule has 2 aromatic rings. The summed E-state index contributed by atoms with van der Waals surface area (Å²) in [4.78, 5) is 10.3. The van der Waals surface area contributed by atoms with Crippen molar-refractivity contribution in [1.29, 1.82) is 0 Å². The fraction of sp³-hybridized carbons (Fsp3) is 0.0833. The first-order valence-electron chi connectivity index (χ1n) is 4.56. The summed E-state index contributed by atoms with van der Waals surface area (Å²) in [6.45, 7) is 2.00. The zero-order chi connectivity index (χ0) is 10.8. The number of furan rings is 1. The maximum atomic E-state index is 10.3. The van der Waals surface area contributed by atoms with Crippen molar-refractivity contribution < 1.29 is 14.3 Å². The van der Waals surface area contributed by atoms with Gasteiger partial charge in [-0.05, 0) is 31.2 Å². The summed E-state index contributed by atoms with van der Waals surface area (Å²) in [5, 5.41) is 9.45. The summed E-state index contributed by atoms with van der Waals surface area (Å²) in [7, 11) is 0. The predicted molar refractivity (Wildman–Crippen MR) is 57.6 cm³/mol. The van der Waals surface area contributed by atoms with Crippen molar-refractivity contribution in [2.45, 2.75) is 6.92 Å². The molecule has 0 spiro atoms. The Kier molecular flexibility index (Phi) is 2.29. The molecule has 0 aliphatic carbocycles. The van der Waals surface area contributed by atoms with Gasteiger partial charge in [-0.25, -0.2) is 4.79 Å². The number of hydrogen-bond donors (Lipinski definition) is 1. The zero-order valence-corrected chi connectivity index (χ0v) is 8.23. The largest absolute Gasteiger partial charge is 0.478 e. The predicted octanol–water partition coefficient (Wildman–Crippen LogP) is 2.84. The van der Waals surface area contributed by atoms with Crippen molar-refractivity contribution in [3.05, 3.63) is 41.7 Å². The summed E-state index contributed by atoms with van der Waals surface area (Å²) >= 11 is 0. The van der Waals surface area contributed by atoms with E-state index in [1.165, 1.54) is 6.08 Å². The second-order valence-electron chi connectivity index (χ2n) is 3.36. The highest BCUT2D eigenvalue weighted by Crippen LogP contribution is 2.21. The van der Waals surface area contributed by atoms with E-state index in [4.69, 9.17) is 9.52 Å². The molecule has 1 N–H and O–H groups in total. The average molecular weight is 202 g/mol. The van der Waals surface area contributed by atoms with Crippen LogP contribution in [0.4, 0.5) is 0 Å². The monoisotopic (exact) mass is 202 g/mol. The number of benzene rings is 1. The van der Waals surface area contributed by atoms with Gasteiger partial charge < -0.3 is 9.52 Å². The molecule has 1 aromatic heterocycles. The lowest BCUT2D eigenvalue weighted by atomic mass is 10.2. The van der Waals surface area contributed by atoms with Gasteiger partial charge in [0.25, 0.3) is 0 Å². The molecule has 0 saturated carbocycles. The number of fused-ring (bicyclic) bond motifs is 1. The van der Waals surface area contributed by atoms with Crippen LogP contribution < -0.4 is 0 Å². The third-order valence-electron chi connectivity index (χ3n) is 2.08. The first kappa shape index (κ1) is 9.52. The Hall–Kier alpha value is -2.03. The van der Waals surface area contributed by atoms with Gasteiger partial charge in [-0.15, -0.1) is 0 Å². The number of aliphatic carboxylic acids is 1. The number of carboxylic acid groups (broad SMARTS) is 1. The van der Waals surface area contributed by atoms with Crippen LogP contribution in [0.2, 0.25) is 0 Å². The molecule has 0 bridgehead atoms. The lowest BCUT2D eigenvalue weighted by molar-refractivity contribution is -0.131. The SMILES string of the molecule is Cc1ccc2oc(/C=C/C(=O)O)cc2c1. The highest BCUT2D eigenvalue weighted by atomic mass is 16.4. The maximum absolute atomic E-state index is 10.3. The molecule has 3 heteroatoms. The Labute approximate surface area is 86.6 Å². The van der Waals surface area contributed by atoms with Crippen LogP contribution in [0.25, 0.3) is 17.0 Å². The van der Waals surface area contributed by atoms with Crippen LogP contribution in [-0.2, 0) is 4.79 Å². The minimum absolute atomic E-state index is 0.554. The normalized spacial score (nSPS) is 11.3. The van der Waals surface area contributed by atoms with E-state index in [1.54, 1.807) is 0 Å². The molecule has 0 atom stereocenters. The second kappa shape index (κ2) is 3.61. The third kappa shape index (κ3) is 2.07. The molecule has 2 rings (SSSR count). The highest BCUT2D eigenvalue weighted by Gasteiger charge is 2.01. The summed E-state index contributed by atoms with van der Waals surface area (Å²) in [5.41, 5.74) is 1.92. The smallest absolute Gasteiger partial charge is 0.328 e. The van der Waals surface area contributed by atoms with E-state index in [-0.39, 0.29) is 0 Å². The molecule has 1 heterocycles. The van der Waals surface area contributed by atoms with E-state index in [0.717, 1.165) is 22.6 Å². The van der Waals surface area contributed by atoms with Gasteiger partial charge in [0.1, 0.15) is 11.3 Å². The van der Waals surface area contributed by atoms with Crippen molar-refractivity contribution in [3.8, 4) is 0 Å². The minimum atomic E-state index is -0.980. The van der Waals surface area contributed by atoms with Gasteiger partial charge >= 0.3 is 5.97 Å². The van der Waals surface area contributed by atoms with Gasteiger partial charge in [0.2, 0.25) is 0 Å². The van der Waals surface area contributed by atoms with Crippen molar-refractivity contribution >= 4 is 23.0 Å². The van der Waals surface area contributed by atoms with E-state index >= 15 is 0 Å². The van der Waals surface area contributed by atoms with Crippen LogP contribution in [0, 0.1) is 6.92 Å². The Balaban J connectivity index is 2.43. The summed E-state index contributed by atoms with van der Waals surface area (Å²) in [6, 6.07) is 7.65. The number of rotatable bonds is 2. The lowest BCUT2D eigenvalue weighted by Crippen LogP contribution is -1.84. The molecular weight excluding hydrogens is 192 g/mol. The minimum Gasteiger partial charge on any atom is -0.478 e. The number of aryl methyl sites for hydroxylation is 1. The zero-order valence-electron chi connectivity index (χ0n) is 8.23. The molecule has 76 valence electrons. The molecule has 15 heavy (non-hydrogen) atoms. The molecule has 0 aliphatic rings. The first-order valence-corrected chi connectivity index (χ1v) is 4.56. The highest BCUT2D eigenvalue weighted by molar-refractivity contribution is 5.86. The standard InChI is InChI=1S/C12H10O3/c1-8-2-4-11-9(6-8)7-10(15-11)3-5-12(13)14/h2-7H,1H3,(H,13,14)/b5-3+. The summed E-state index contributed by atoms with van der Waals surface area (Å²) < 4.78 is 5.42. The van der Waals surface area contributed by atoms with Gasteiger partial charge in [-0.3, -0.25) is 0 Å². The van der Waals surface area contributed by atoms with E-state index in [0.29, 0.717) is 5.76 Å². The lowest BCUT2D eigenvalue weighted by Gasteiger charge is -1.89. The van der Waals surface area contributed by atoms with E-state index < -0.39 is 5.97 Å². The molecule has 0 saturated heterocycles. The van der Waals surface area contributed by atoms with Crippen LogP contribution in [-0.4, -0.2) is 11.1 Å². The Morgan fingerprint density at radius 3 is 2.93 bits per heavy atom. The van der Waals surface area contributed by atoms with Gasteiger partial charge in [-0.2, -0.15) is 0 Å². The molecule has 0 unspecified atom stereocenters. The first-order chi connectivity index (χ1) is 7.15. The number of hydrogen-bond acceptors (Lipinski definition) is 2. The third-order valence-corrected chi connectivity index (χ3v) is 2.08. The molecular formula is C12H10O3. The van der Waals surface area contributed by atoms with Gasteiger partial charge in [0.05, 0.1) is 0 Å². The molecule has 0 radical (unpaired) electrons. The van der Waals surface area contributed by atoms with Crippen LogP contribution >= 0.6 is 0 Å². The molecule has 0 fully saturated rings. The Bertz CT molecular complexity index is 535. The number of carboxylic acids is 1. The Morgan fingerprint density at radius 2 is 2.20 bits per heavy atom. The van der Waals surface area contributed by atoms with Crippen molar-refractivity contribution in [2.75, 3.05) is 0 Å². The molecule has 3 nitrogen and oxygen atoms in total. The maximum Gasteiger partial charge on any atom is 0.328 e. The second-order valence-corrected chi connectivity index (χ2v) is 3.36. The molecule has 0 aliphatic heterocycles. The Morgan fingerprint density at radius 1 is 1.40 bits per heavy atom. The molecule has 1 aromatic carbocycles.